The standard InChI is InChI=1S/C21H24N8O/c1-13-17(14(2)28(3)27-13)19-25-20-18(22-12-23-20)21(26-19)24-15-4-6-16(7-5-15)29-8-10-30-11-9-29/h4-7,12H,8-11H2,1-3H3,(H2,22,23,24,25,26). The third-order valence-electron chi connectivity index (χ3n) is 5.52. The van der Waals surface area contributed by atoms with Gasteiger partial charge in [0, 0.05) is 37.2 Å². The highest BCUT2D eigenvalue weighted by Gasteiger charge is 2.18. The smallest absolute Gasteiger partial charge is 0.183 e. The lowest BCUT2D eigenvalue weighted by atomic mass is 10.2. The van der Waals surface area contributed by atoms with Gasteiger partial charge in [-0.3, -0.25) is 4.68 Å². The molecule has 4 aromatic rings. The first-order valence-electron chi connectivity index (χ1n) is 10.0. The highest BCUT2D eigenvalue weighted by Crippen LogP contribution is 2.29. The zero-order valence-corrected chi connectivity index (χ0v) is 17.3. The van der Waals surface area contributed by atoms with E-state index >= 15 is 0 Å². The summed E-state index contributed by atoms with van der Waals surface area (Å²) in [7, 11) is 1.92. The SMILES string of the molecule is Cc1nn(C)c(C)c1-c1nc(Nc2ccc(N3CCOCC3)cc2)c2[nH]cnc2n1. The molecule has 0 aliphatic carbocycles. The van der Waals surface area contributed by atoms with Crippen molar-refractivity contribution in [1.29, 1.82) is 0 Å². The number of rotatable bonds is 4. The van der Waals surface area contributed by atoms with Gasteiger partial charge >= 0.3 is 0 Å². The van der Waals surface area contributed by atoms with Gasteiger partial charge in [-0.1, -0.05) is 0 Å². The monoisotopic (exact) mass is 404 g/mol. The fraction of sp³-hybridized carbons (Fsp3) is 0.333. The molecule has 9 nitrogen and oxygen atoms in total. The van der Waals surface area contributed by atoms with Gasteiger partial charge in [-0.05, 0) is 38.1 Å². The van der Waals surface area contributed by atoms with E-state index in [9.17, 15) is 0 Å². The molecule has 2 N–H and O–H groups in total. The fourth-order valence-corrected chi connectivity index (χ4v) is 3.85. The molecule has 0 spiro atoms. The molecule has 1 saturated heterocycles. The van der Waals surface area contributed by atoms with E-state index in [2.05, 4.69) is 54.5 Å². The van der Waals surface area contributed by atoms with Gasteiger partial charge in [0.15, 0.2) is 17.3 Å². The van der Waals surface area contributed by atoms with Gasteiger partial charge in [-0.2, -0.15) is 5.10 Å². The second-order valence-electron chi connectivity index (χ2n) is 7.44. The second kappa shape index (κ2) is 7.42. The van der Waals surface area contributed by atoms with Crippen molar-refractivity contribution in [3.63, 3.8) is 0 Å². The zero-order chi connectivity index (χ0) is 20.7. The summed E-state index contributed by atoms with van der Waals surface area (Å²) in [6.07, 6.45) is 1.64. The summed E-state index contributed by atoms with van der Waals surface area (Å²) in [5.41, 5.74) is 6.39. The van der Waals surface area contributed by atoms with Crippen molar-refractivity contribution in [1.82, 2.24) is 29.7 Å². The molecular weight excluding hydrogens is 380 g/mol. The molecule has 0 unspecified atom stereocenters. The van der Waals surface area contributed by atoms with E-state index in [0.717, 1.165) is 54.5 Å². The molecule has 0 saturated carbocycles. The minimum Gasteiger partial charge on any atom is -0.378 e. The normalized spacial score (nSPS) is 14.4. The third kappa shape index (κ3) is 3.26. The van der Waals surface area contributed by atoms with E-state index in [1.165, 1.54) is 5.69 Å². The number of anilines is 3. The van der Waals surface area contributed by atoms with Crippen LogP contribution in [0.4, 0.5) is 17.2 Å². The zero-order valence-electron chi connectivity index (χ0n) is 17.3. The number of ether oxygens (including phenoxy) is 1. The number of hydrogen-bond acceptors (Lipinski definition) is 7. The lowest BCUT2D eigenvalue weighted by Gasteiger charge is -2.28. The average Bonchev–Trinajstić information content (AvgIpc) is 3.33. The van der Waals surface area contributed by atoms with E-state index in [-0.39, 0.29) is 0 Å². The minimum absolute atomic E-state index is 0.616. The number of benzene rings is 1. The Morgan fingerprint density at radius 3 is 2.53 bits per heavy atom. The van der Waals surface area contributed by atoms with Crippen LogP contribution < -0.4 is 10.2 Å². The van der Waals surface area contributed by atoms with Crippen molar-refractivity contribution in [2.24, 2.45) is 7.05 Å². The van der Waals surface area contributed by atoms with Crippen LogP contribution in [0, 0.1) is 13.8 Å². The summed E-state index contributed by atoms with van der Waals surface area (Å²) in [4.78, 5) is 19.3. The number of imidazole rings is 1. The highest BCUT2D eigenvalue weighted by atomic mass is 16.5. The number of H-pyrrole nitrogens is 1. The first-order valence-corrected chi connectivity index (χ1v) is 10.0. The van der Waals surface area contributed by atoms with Gasteiger partial charge in [0.1, 0.15) is 5.52 Å². The number of aromatic nitrogens is 6. The number of aromatic amines is 1. The van der Waals surface area contributed by atoms with Gasteiger partial charge in [0.05, 0.1) is 30.8 Å². The maximum absolute atomic E-state index is 5.44. The van der Waals surface area contributed by atoms with Crippen LogP contribution in [-0.4, -0.2) is 56.0 Å². The molecule has 9 heteroatoms. The Bertz CT molecular complexity index is 1190. The molecule has 1 aliphatic rings. The fourth-order valence-electron chi connectivity index (χ4n) is 3.85. The highest BCUT2D eigenvalue weighted by molar-refractivity contribution is 5.87. The van der Waals surface area contributed by atoms with Crippen molar-refractivity contribution in [2.45, 2.75) is 13.8 Å². The number of morpholine rings is 1. The van der Waals surface area contributed by atoms with Gasteiger partial charge in [0.2, 0.25) is 0 Å². The van der Waals surface area contributed by atoms with Crippen molar-refractivity contribution in [3.8, 4) is 11.4 Å². The summed E-state index contributed by atoms with van der Waals surface area (Å²) in [5.74, 6) is 1.31. The number of nitrogens with zero attached hydrogens (tertiary/aromatic N) is 6. The van der Waals surface area contributed by atoms with E-state index in [4.69, 9.17) is 9.72 Å². The number of nitrogens with one attached hydrogen (secondary N) is 2. The van der Waals surface area contributed by atoms with Gasteiger partial charge < -0.3 is 19.9 Å². The molecule has 1 aliphatic heterocycles. The van der Waals surface area contributed by atoms with Crippen LogP contribution in [0.25, 0.3) is 22.6 Å². The van der Waals surface area contributed by atoms with Crippen LogP contribution >= 0.6 is 0 Å². The van der Waals surface area contributed by atoms with Gasteiger partial charge in [-0.25, -0.2) is 15.0 Å². The van der Waals surface area contributed by atoms with Gasteiger partial charge in [0.25, 0.3) is 0 Å². The minimum atomic E-state index is 0.616. The molecule has 154 valence electrons. The molecule has 1 fully saturated rings. The van der Waals surface area contributed by atoms with Crippen molar-refractivity contribution >= 4 is 28.4 Å². The second-order valence-corrected chi connectivity index (χ2v) is 7.44. The summed E-state index contributed by atoms with van der Waals surface area (Å²) in [6.45, 7) is 7.37. The maximum atomic E-state index is 5.44. The van der Waals surface area contributed by atoms with Crippen molar-refractivity contribution in [2.75, 3.05) is 36.5 Å². The predicted molar refractivity (Wildman–Crippen MR) is 116 cm³/mol. The molecule has 0 radical (unpaired) electrons. The molecule has 1 aromatic carbocycles. The summed E-state index contributed by atoms with van der Waals surface area (Å²) >= 11 is 0. The van der Waals surface area contributed by atoms with Crippen LogP contribution in [0.2, 0.25) is 0 Å². The Labute approximate surface area is 174 Å². The Morgan fingerprint density at radius 1 is 1.07 bits per heavy atom. The van der Waals surface area contributed by atoms with Crippen LogP contribution in [-0.2, 0) is 11.8 Å². The lowest BCUT2D eigenvalue weighted by molar-refractivity contribution is 0.122. The quantitative estimate of drug-likeness (QED) is 0.540. The molecular formula is C21H24N8O. The van der Waals surface area contributed by atoms with E-state index < -0.39 is 0 Å². The average molecular weight is 404 g/mol. The summed E-state index contributed by atoms with van der Waals surface area (Å²) < 4.78 is 7.29. The predicted octanol–water partition coefficient (Wildman–Crippen LogP) is 2.95. The Balaban J connectivity index is 1.49. The Kier molecular flexibility index (Phi) is 4.59. The van der Waals surface area contributed by atoms with Gasteiger partial charge in [-0.15, -0.1) is 0 Å². The van der Waals surface area contributed by atoms with Crippen LogP contribution in [0.5, 0.6) is 0 Å². The molecule has 0 atom stereocenters. The number of hydrogen-bond donors (Lipinski definition) is 2. The molecule has 30 heavy (non-hydrogen) atoms. The summed E-state index contributed by atoms with van der Waals surface area (Å²) in [6, 6.07) is 8.37. The van der Waals surface area contributed by atoms with Crippen LogP contribution in [0.1, 0.15) is 11.4 Å². The van der Waals surface area contributed by atoms with Crippen molar-refractivity contribution in [3.05, 3.63) is 42.0 Å². The van der Waals surface area contributed by atoms with E-state index in [0.29, 0.717) is 17.3 Å². The molecule has 0 bridgehead atoms. The number of fused-ring (bicyclic) bond motifs is 1. The third-order valence-corrected chi connectivity index (χ3v) is 5.52. The first kappa shape index (κ1) is 18.6. The maximum Gasteiger partial charge on any atom is 0.183 e. The lowest BCUT2D eigenvalue weighted by Crippen LogP contribution is -2.36. The molecule has 0 amide bonds. The van der Waals surface area contributed by atoms with Crippen LogP contribution in [0.15, 0.2) is 30.6 Å². The van der Waals surface area contributed by atoms with E-state index in [1.54, 1.807) is 6.33 Å². The Morgan fingerprint density at radius 2 is 1.83 bits per heavy atom. The van der Waals surface area contributed by atoms with Crippen molar-refractivity contribution < 1.29 is 4.74 Å². The van der Waals surface area contributed by atoms with Crippen LogP contribution in [0.3, 0.4) is 0 Å². The first-order chi connectivity index (χ1) is 14.6. The number of aryl methyl sites for hydroxylation is 2. The molecule has 3 aromatic heterocycles. The molecule has 5 rings (SSSR count). The topological polar surface area (TPSA) is 96.8 Å². The van der Waals surface area contributed by atoms with E-state index in [1.807, 2.05) is 25.6 Å². The largest absolute Gasteiger partial charge is 0.378 e. The Hall–Kier alpha value is -3.46. The summed E-state index contributed by atoms with van der Waals surface area (Å²) in [5, 5.41) is 7.92. The molecule has 4 heterocycles.